The lowest BCUT2D eigenvalue weighted by molar-refractivity contribution is -0.144. The van der Waals surface area contributed by atoms with Crippen LogP contribution in [0.15, 0.2) is 9.98 Å². The Balaban J connectivity index is 4.99. The fourth-order valence-corrected chi connectivity index (χ4v) is 11.9. The fraction of sp³-hybridized carbons (Fsp3) is 0.891. The zero-order valence-electron chi connectivity index (χ0n) is 54.0. The van der Waals surface area contributed by atoms with Crippen LogP contribution in [-0.4, -0.2) is 135 Å². The third-order valence-electron chi connectivity index (χ3n) is 15.3. The quantitative estimate of drug-likeness (QED) is 0.00898. The van der Waals surface area contributed by atoms with Gasteiger partial charge in [-0.15, -0.1) is 0 Å². The third kappa shape index (κ3) is 57.9. The van der Waals surface area contributed by atoms with Crippen molar-refractivity contribution in [3.63, 3.8) is 0 Å². The average Bonchev–Trinajstić information content (AvgIpc) is 3.55. The molecule has 19 nitrogen and oxygen atoms in total. The maximum absolute atomic E-state index is 13.5. The number of amides is 3. The van der Waals surface area contributed by atoms with E-state index in [-0.39, 0.29) is 48.5 Å². The molecule has 0 aromatic carbocycles. The summed E-state index contributed by atoms with van der Waals surface area (Å²) in [4.78, 5) is 74.9. The summed E-state index contributed by atoms with van der Waals surface area (Å²) in [6.45, 7) is 8.49. The van der Waals surface area contributed by atoms with Gasteiger partial charge in [-0.3, -0.25) is 34.0 Å². The van der Waals surface area contributed by atoms with Crippen molar-refractivity contribution in [1.29, 1.82) is 0 Å². The second-order valence-electron chi connectivity index (χ2n) is 23.3. The Bertz CT molecular complexity index is 1610. The van der Waals surface area contributed by atoms with Crippen LogP contribution in [0.3, 0.4) is 0 Å². The summed E-state index contributed by atoms with van der Waals surface area (Å²) < 4.78 is 11.3. The van der Waals surface area contributed by atoms with E-state index < -0.39 is 24.0 Å². The van der Waals surface area contributed by atoms with Crippen molar-refractivity contribution >= 4 is 63.2 Å². The minimum absolute atomic E-state index is 0.00997. The number of carbonyl (C=O) groups excluding carboxylic acids is 5. The largest absolute Gasteiger partial charge is 0.466 e. The van der Waals surface area contributed by atoms with Crippen LogP contribution in [0, 0.1) is 0 Å². The minimum Gasteiger partial charge on any atom is -0.466 e. The van der Waals surface area contributed by atoms with Crippen LogP contribution in [0.4, 0.5) is 0 Å². The number of nitrogens with one attached hydrogen (secondary N) is 3. The van der Waals surface area contributed by atoms with E-state index in [1.807, 2.05) is 0 Å². The number of carbonyl (C=O) groups is 5. The number of nitrogens with zero attached hydrogens (tertiary/aromatic N) is 3. The Morgan fingerprint density at radius 3 is 1.18 bits per heavy atom. The van der Waals surface area contributed by atoms with Gasteiger partial charge in [-0.2, -0.15) is 0 Å². The number of hydrogen-bond donors (Lipinski definition) is 9. The van der Waals surface area contributed by atoms with Gasteiger partial charge in [0.15, 0.2) is 11.9 Å². The number of aliphatic imine (C=N–C) groups is 2. The molecule has 85 heavy (non-hydrogen) atoms. The van der Waals surface area contributed by atoms with Crippen molar-refractivity contribution in [2.24, 2.45) is 44.4 Å². The topological polar surface area (TPSA) is 324 Å². The molecule has 498 valence electrons. The number of nitrogens with two attached hydrogens (primary N) is 6. The van der Waals surface area contributed by atoms with Gasteiger partial charge in [-0.05, 0) is 57.8 Å². The van der Waals surface area contributed by atoms with E-state index in [1.165, 1.54) is 180 Å². The maximum Gasteiger partial charge on any atom is 0.307 e. The molecule has 3 atom stereocenters. The van der Waals surface area contributed by atoms with Crippen molar-refractivity contribution in [1.82, 2.24) is 20.9 Å². The highest BCUT2D eigenvalue weighted by molar-refractivity contribution is 8.76. The van der Waals surface area contributed by atoms with Gasteiger partial charge in [0.2, 0.25) is 17.7 Å². The van der Waals surface area contributed by atoms with Gasteiger partial charge in [0, 0.05) is 57.3 Å². The molecule has 3 amide bonds. The summed E-state index contributed by atoms with van der Waals surface area (Å²) >= 11 is 0. The van der Waals surface area contributed by atoms with Crippen LogP contribution in [0.25, 0.3) is 0 Å². The second kappa shape index (κ2) is 62.1. The van der Waals surface area contributed by atoms with Crippen LogP contribution in [0.2, 0.25) is 0 Å². The molecule has 15 N–H and O–H groups in total. The number of unbranched alkanes of at least 4 members (excludes halogenated alkanes) is 31. The molecule has 0 fully saturated rings. The van der Waals surface area contributed by atoms with Crippen molar-refractivity contribution < 1.29 is 33.4 Å². The predicted molar refractivity (Wildman–Crippen MR) is 359 cm³/mol. The lowest BCUT2D eigenvalue weighted by Crippen LogP contribution is -2.52. The Morgan fingerprint density at radius 1 is 0.412 bits per heavy atom. The average molecular weight is 1240 g/mol. The Hall–Kier alpha value is -3.53. The maximum atomic E-state index is 13.5. The summed E-state index contributed by atoms with van der Waals surface area (Å²) in [5.74, 6) is -0.193. The molecular weight excluding hydrogens is 1110 g/mol. The molecule has 0 aliphatic rings. The van der Waals surface area contributed by atoms with Crippen LogP contribution in [-0.2, 0) is 33.4 Å². The van der Waals surface area contributed by atoms with Crippen molar-refractivity contribution in [3.05, 3.63) is 0 Å². The van der Waals surface area contributed by atoms with Crippen molar-refractivity contribution in [3.8, 4) is 0 Å². The van der Waals surface area contributed by atoms with Gasteiger partial charge in [-0.1, -0.05) is 228 Å². The molecule has 0 aromatic rings. The molecule has 0 aliphatic carbocycles. The smallest absolute Gasteiger partial charge is 0.307 e. The molecule has 0 saturated carbocycles. The summed E-state index contributed by atoms with van der Waals surface area (Å²) in [7, 11) is 3.27. The molecule has 0 saturated heterocycles. The van der Waals surface area contributed by atoms with Crippen molar-refractivity contribution in [2.45, 2.75) is 295 Å². The van der Waals surface area contributed by atoms with Crippen LogP contribution in [0.1, 0.15) is 277 Å². The van der Waals surface area contributed by atoms with E-state index in [1.54, 1.807) is 21.6 Å². The van der Waals surface area contributed by atoms with E-state index in [0.29, 0.717) is 110 Å². The number of ether oxygens (including phenoxy) is 2. The highest BCUT2D eigenvalue weighted by Gasteiger charge is 2.24. The molecule has 0 rings (SSSR count). The zero-order chi connectivity index (χ0) is 62.5. The minimum atomic E-state index is -0.859. The van der Waals surface area contributed by atoms with E-state index >= 15 is 0 Å². The fourth-order valence-electron chi connectivity index (χ4n) is 9.94. The van der Waals surface area contributed by atoms with Gasteiger partial charge < -0.3 is 64.7 Å². The third-order valence-corrected chi connectivity index (χ3v) is 17.7. The predicted octanol–water partition coefficient (Wildman–Crippen LogP) is 10.7. The molecule has 3 unspecified atom stereocenters. The van der Waals surface area contributed by atoms with Gasteiger partial charge in [-0.25, -0.2) is 0 Å². The van der Waals surface area contributed by atoms with Crippen LogP contribution >= 0.6 is 21.6 Å². The molecule has 0 aromatic heterocycles. The lowest BCUT2D eigenvalue weighted by Gasteiger charge is -2.21. The molecule has 0 bridgehead atoms. The highest BCUT2D eigenvalue weighted by Crippen LogP contribution is 2.21. The SMILES string of the molecule is CCCCCCCCCCCCCCCCCCOC(=O)CCN(CCSSCCNC(=O)C(CCCCNC(=O)C(N)CCCN=C(N)N)NC(=O)C(N)CCCN=C(N)N)CCC(=O)OCCCCCCCCCCCCCCCCCC. The van der Waals surface area contributed by atoms with E-state index in [9.17, 15) is 24.0 Å². The van der Waals surface area contributed by atoms with Crippen molar-refractivity contribution in [2.75, 3.05) is 70.5 Å². The highest BCUT2D eigenvalue weighted by atomic mass is 33.1. The molecular formula is C64H128N12O7S2. The normalized spacial score (nSPS) is 12.3. The van der Waals surface area contributed by atoms with Gasteiger partial charge >= 0.3 is 11.9 Å². The standard InChI is InChI=1S/C64H128N12O7S2/c1-3-5-7-9-11-13-15-17-19-21-23-25-27-29-31-35-51-82-58(77)42-48-76(49-43-59(78)83-52-36-32-30-28-26-24-22-20-18-16-14-12-10-8-6-4-2)50-54-85-84-53-47-72-62(81)57(75-61(80)56(66)40-38-46-74-64(69)70)41-33-34-44-71-60(79)55(65)39-37-45-73-63(67)68/h55-57H,3-54,65-66H2,1-2H3,(H,71,79)(H,72,81)(H,75,80)(H4,67,68,73)(H4,69,70,74). The Labute approximate surface area is 525 Å². The zero-order valence-corrected chi connectivity index (χ0v) is 55.6. The number of hydrogen-bond acceptors (Lipinski definition) is 14. The first-order chi connectivity index (χ1) is 41.3. The summed E-state index contributed by atoms with van der Waals surface area (Å²) in [6, 6.07) is -2.40. The molecule has 21 heteroatoms. The number of rotatable bonds is 64. The summed E-state index contributed by atoms with van der Waals surface area (Å²) in [5, 5.41) is 8.63. The molecule has 0 aliphatic heterocycles. The first kappa shape index (κ1) is 81.5. The van der Waals surface area contributed by atoms with E-state index in [2.05, 4.69) is 44.7 Å². The number of guanidine groups is 2. The molecule has 0 radical (unpaired) electrons. The Kier molecular flexibility index (Phi) is 59.5. The summed E-state index contributed by atoms with van der Waals surface area (Å²) in [6.07, 6.45) is 45.1. The monoisotopic (exact) mass is 1240 g/mol. The van der Waals surface area contributed by atoms with Gasteiger partial charge in [0.25, 0.3) is 0 Å². The first-order valence-corrected chi connectivity index (χ1v) is 36.5. The van der Waals surface area contributed by atoms with Gasteiger partial charge in [0.1, 0.15) is 6.04 Å². The van der Waals surface area contributed by atoms with Gasteiger partial charge in [0.05, 0.1) is 38.1 Å². The van der Waals surface area contributed by atoms with E-state index in [0.717, 1.165) is 31.4 Å². The lowest BCUT2D eigenvalue weighted by atomic mass is 10.0. The molecule has 0 spiro atoms. The first-order valence-electron chi connectivity index (χ1n) is 34.1. The van der Waals surface area contributed by atoms with Crippen LogP contribution < -0.4 is 50.4 Å². The second-order valence-corrected chi connectivity index (χ2v) is 26.0. The Morgan fingerprint density at radius 2 is 0.776 bits per heavy atom. The van der Waals surface area contributed by atoms with Crippen LogP contribution in [0.5, 0.6) is 0 Å². The number of esters is 2. The molecule has 0 heterocycles. The summed E-state index contributed by atoms with van der Waals surface area (Å²) in [5.41, 5.74) is 33.8. The van der Waals surface area contributed by atoms with E-state index in [4.69, 9.17) is 43.9 Å².